The lowest BCUT2D eigenvalue weighted by Crippen LogP contribution is -2.38. The van der Waals surface area contributed by atoms with Crippen LogP contribution in [0, 0.1) is 20.8 Å². The fourth-order valence-electron chi connectivity index (χ4n) is 3.66. The topological polar surface area (TPSA) is 66.5 Å². The maximum atomic E-state index is 13.6. The maximum absolute atomic E-state index is 13.6. The van der Waals surface area contributed by atoms with Gasteiger partial charge in [0, 0.05) is 5.69 Å². The van der Waals surface area contributed by atoms with Gasteiger partial charge < -0.3 is 5.32 Å². The van der Waals surface area contributed by atoms with Crippen molar-refractivity contribution in [3.05, 3.63) is 89.0 Å². The Balaban J connectivity index is 2.03. The molecule has 6 heteroatoms. The summed E-state index contributed by atoms with van der Waals surface area (Å²) in [5.41, 5.74) is 4.89. The van der Waals surface area contributed by atoms with E-state index in [2.05, 4.69) is 19.2 Å². The summed E-state index contributed by atoms with van der Waals surface area (Å²) in [6, 6.07) is 19.7. The number of benzene rings is 3. The van der Waals surface area contributed by atoms with Crippen LogP contribution in [0.15, 0.2) is 71.6 Å². The highest BCUT2D eigenvalue weighted by Gasteiger charge is 2.28. The van der Waals surface area contributed by atoms with Gasteiger partial charge in [-0.2, -0.15) is 0 Å². The molecule has 0 aliphatic rings. The number of hydrogen-bond donors (Lipinski definition) is 1. The van der Waals surface area contributed by atoms with Crippen molar-refractivity contribution in [1.29, 1.82) is 0 Å². The Morgan fingerprint density at radius 2 is 1.59 bits per heavy atom. The highest BCUT2D eigenvalue weighted by molar-refractivity contribution is 7.92. The van der Waals surface area contributed by atoms with E-state index in [0.717, 1.165) is 27.9 Å². The Morgan fingerprint density at radius 1 is 0.906 bits per heavy atom. The normalized spacial score (nSPS) is 11.4. The number of rotatable bonds is 7. The number of sulfonamides is 1. The molecule has 0 aliphatic carbocycles. The van der Waals surface area contributed by atoms with Crippen LogP contribution >= 0.6 is 0 Å². The molecule has 32 heavy (non-hydrogen) atoms. The molecule has 0 aliphatic heterocycles. The number of amides is 1. The third kappa shape index (κ3) is 5.02. The van der Waals surface area contributed by atoms with E-state index in [9.17, 15) is 13.2 Å². The summed E-state index contributed by atoms with van der Waals surface area (Å²) in [4.78, 5) is 13.3. The van der Waals surface area contributed by atoms with E-state index in [1.54, 1.807) is 36.4 Å². The molecule has 0 fully saturated rings. The molecule has 0 saturated heterocycles. The summed E-state index contributed by atoms with van der Waals surface area (Å²) in [7, 11) is -3.94. The van der Waals surface area contributed by atoms with Crippen LogP contribution < -0.4 is 9.62 Å². The minimum Gasteiger partial charge on any atom is -0.324 e. The zero-order valence-electron chi connectivity index (χ0n) is 19.2. The van der Waals surface area contributed by atoms with Gasteiger partial charge in [-0.05, 0) is 67.1 Å². The van der Waals surface area contributed by atoms with Gasteiger partial charge in [-0.25, -0.2) is 8.42 Å². The fraction of sp³-hybridized carbons (Fsp3) is 0.269. The Hall–Kier alpha value is -3.12. The molecule has 0 radical (unpaired) electrons. The number of para-hydroxylation sites is 1. The third-order valence-corrected chi connectivity index (χ3v) is 7.22. The van der Waals surface area contributed by atoms with Gasteiger partial charge in [0.25, 0.3) is 10.0 Å². The lowest BCUT2D eigenvalue weighted by Gasteiger charge is -2.26. The summed E-state index contributed by atoms with van der Waals surface area (Å²) in [6.07, 6.45) is 0. The second-order valence-corrected chi connectivity index (χ2v) is 10.2. The van der Waals surface area contributed by atoms with Gasteiger partial charge in [-0.3, -0.25) is 9.10 Å². The molecule has 1 N–H and O–H groups in total. The van der Waals surface area contributed by atoms with Crippen molar-refractivity contribution >= 4 is 27.3 Å². The number of anilines is 2. The van der Waals surface area contributed by atoms with Crippen molar-refractivity contribution in [3.63, 3.8) is 0 Å². The monoisotopic (exact) mass is 450 g/mol. The molecule has 0 spiro atoms. The number of nitrogens with zero attached hydrogens (tertiary/aromatic N) is 1. The minimum atomic E-state index is -3.94. The molecule has 1 amide bonds. The van der Waals surface area contributed by atoms with Crippen LogP contribution in [0.5, 0.6) is 0 Å². The second-order valence-electron chi connectivity index (χ2n) is 8.36. The number of nitrogens with one attached hydrogen (secondary N) is 1. The SMILES string of the molecule is Cc1ccc(C)c(N(CC(=O)Nc2c(C)cccc2C(C)C)S(=O)(=O)c2ccccc2)c1. The minimum absolute atomic E-state index is 0.146. The van der Waals surface area contributed by atoms with Crippen molar-refractivity contribution in [2.24, 2.45) is 0 Å². The first-order chi connectivity index (χ1) is 15.1. The Kier molecular flexibility index (Phi) is 7.04. The molecule has 5 nitrogen and oxygen atoms in total. The quantitative estimate of drug-likeness (QED) is 0.512. The van der Waals surface area contributed by atoms with Crippen LogP contribution in [-0.4, -0.2) is 20.9 Å². The fourth-order valence-corrected chi connectivity index (χ4v) is 5.16. The molecular weight excluding hydrogens is 420 g/mol. The number of carbonyl (C=O) groups is 1. The van der Waals surface area contributed by atoms with Crippen LogP contribution in [-0.2, 0) is 14.8 Å². The van der Waals surface area contributed by atoms with Gasteiger partial charge in [0.1, 0.15) is 6.54 Å². The van der Waals surface area contributed by atoms with E-state index < -0.39 is 10.0 Å². The molecule has 168 valence electrons. The highest BCUT2D eigenvalue weighted by Crippen LogP contribution is 2.30. The van der Waals surface area contributed by atoms with Crippen LogP contribution in [0.3, 0.4) is 0 Å². The van der Waals surface area contributed by atoms with E-state index in [4.69, 9.17) is 0 Å². The van der Waals surface area contributed by atoms with E-state index in [1.165, 1.54) is 4.31 Å². The zero-order chi connectivity index (χ0) is 23.5. The van der Waals surface area contributed by atoms with E-state index in [0.29, 0.717) is 5.69 Å². The summed E-state index contributed by atoms with van der Waals surface area (Å²) < 4.78 is 28.3. The Labute approximate surface area is 191 Å². The van der Waals surface area contributed by atoms with Crippen molar-refractivity contribution in [1.82, 2.24) is 0 Å². The number of hydrogen-bond acceptors (Lipinski definition) is 3. The molecule has 0 unspecified atom stereocenters. The van der Waals surface area contributed by atoms with Crippen molar-refractivity contribution in [3.8, 4) is 0 Å². The summed E-state index contributed by atoms with van der Waals surface area (Å²) in [5, 5.41) is 2.97. The molecule has 0 atom stereocenters. The van der Waals surface area contributed by atoms with Crippen LogP contribution in [0.2, 0.25) is 0 Å². The molecule has 3 rings (SSSR count). The van der Waals surface area contributed by atoms with Crippen LogP contribution in [0.1, 0.15) is 42.0 Å². The number of carbonyl (C=O) groups excluding carboxylic acids is 1. The average molecular weight is 451 g/mol. The first-order valence-corrected chi connectivity index (χ1v) is 12.1. The van der Waals surface area contributed by atoms with Crippen molar-refractivity contribution in [2.75, 3.05) is 16.2 Å². The van der Waals surface area contributed by atoms with Crippen molar-refractivity contribution in [2.45, 2.75) is 45.4 Å². The molecule has 0 aromatic heterocycles. The molecule has 3 aromatic carbocycles. The zero-order valence-corrected chi connectivity index (χ0v) is 20.0. The lowest BCUT2D eigenvalue weighted by molar-refractivity contribution is -0.114. The van der Waals surface area contributed by atoms with Gasteiger partial charge >= 0.3 is 0 Å². The van der Waals surface area contributed by atoms with Gasteiger partial charge in [-0.1, -0.05) is 62.4 Å². The lowest BCUT2D eigenvalue weighted by atomic mass is 9.98. The van der Waals surface area contributed by atoms with E-state index >= 15 is 0 Å². The largest absolute Gasteiger partial charge is 0.324 e. The summed E-state index contributed by atoms with van der Waals surface area (Å²) in [6.45, 7) is 9.48. The predicted molar refractivity (Wildman–Crippen MR) is 131 cm³/mol. The summed E-state index contributed by atoms with van der Waals surface area (Å²) >= 11 is 0. The van der Waals surface area contributed by atoms with E-state index in [-0.39, 0.29) is 23.3 Å². The predicted octanol–water partition coefficient (Wildman–Crippen LogP) is 5.57. The van der Waals surface area contributed by atoms with Gasteiger partial charge in [0.15, 0.2) is 0 Å². The van der Waals surface area contributed by atoms with Gasteiger partial charge in [0.05, 0.1) is 10.6 Å². The molecule has 0 saturated carbocycles. The Bertz CT molecular complexity index is 1220. The first kappa shape index (κ1) is 23.5. The number of aryl methyl sites for hydroxylation is 3. The summed E-state index contributed by atoms with van der Waals surface area (Å²) in [5.74, 6) is -0.171. The maximum Gasteiger partial charge on any atom is 0.264 e. The van der Waals surface area contributed by atoms with Crippen LogP contribution in [0.4, 0.5) is 11.4 Å². The highest BCUT2D eigenvalue weighted by atomic mass is 32.2. The first-order valence-electron chi connectivity index (χ1n) is 10.7. The van der Waals surface area contributed by atoms with Gasteiger partial charge in [-0.15, -0.1) is 0 Å². The average Bonchev–Trinajstić information content (AvgIpc) is 2.75. The Morgan fingerprint density at radius 3 is 2.25 bits per heavy atom. The molecule has 3 aromatic rings. The molecule has 0 heterocycles. The molecular formula is C26H30N2O3S. The third-order valence-electron chi connectivity index (χ3n) is 5.44. The van der Waals surface area contributed by atoms with Crippen molar-refractivity contribution < 1.29 is 13.2 Å². The van der Waals surface area contributed by atoms with Gasteiger partial charge in [0.2, 0.25) is 5.91 Å². The standard InChI is InChI=1S/C26H30N2O3S/c1-18(2)23-13-9-10-21(5)26(23)27-25(29)17-28(24-16-19(3)14-15-20(24)4)32(30,31)22-11-7-6-8-12-22/h6-16,18H,17H2,1-5H3,(H,27,29). The van der Waals surface area contributed by atoms with E-state index in [1.807, 2.05) is 51.1 Å². The smallest absolute Gasteiger partial charge is 0.264 e. The van der Waals surface area contributed by atoms with Crippen LogP contribution in [0.25, 0.3) is 0 Å². The molecule has 0 bridgehead atoms. The second kappa shape index (κ2) is 9.57.